The van der Waals surface area contributed by atoms with E-state index in [0.717, 1.165) is 6.07 Å². The van der Waals surface area contributed by atoms with Gasteiger partial charge in [0.25, 0.3) is 5.91 Å². The predicted octanol–water partition coefficient (Wildman–Crippen LogP) is 4.73. The number of aliphatic imine (C=N–C) groups is 1. The van der Waals surface area contributed by atoms with Crippen molar-refractivity contribution in [3.8, 4) is 11.5 Å². The summed E-state index contributed by atoms with van der Waals surface area (Å²) in [6.45, 7) is 1.68. The Morgan fingerprint density at radius 1 is 1.21 bits per heavy atom. The molecular formula is C20H14ClF3N2O3. The van der Waals surface area contributed by atoms with Crippen LogP contribution in [0.25, 0.3) is 0 Å². The maximum absolute atomic E-state index is 13.3. The SMILES string of the molecule is Cc1ccccc1Oc1cc(C(F)(F)F)c(Cl)cc1C(=O)NC1=CC(=O)CN=C1. The summed E-state index contributed by atoms with van der Waals surface area (Å²) >= 11 is 5.78. The van der Waals surface area contributed by atoms with Gasteiger partial charge >= 0.3 is 6.18 Å². The van der Waals surface area contributed by atoms with E-state index in [1.807, 2.05) is 0 Å². The fourth-order valence-corrected chi connectivity index (χ4v) is 2.85. The van der Waals surface area contributed by atoms with Crippen molar-refractivity contribution >= 4 is 29.5 Å². The summed E-state index contributed by atoms with van der Waals surface area (Å²) < 4.78 is 45.5. The molecule has 5 nitrogen and oxygen atoms in total. The highest BCUT2D eigenvalue weighted by atomic mass is 35.5. The number of allylic oxidation sites excluding steroid dienone is 1. The third kappa shape index (κ3) is 4.83. The van der Waals surface area contributed by atoms with Crippen LogP contribution >= 0.6 is 11.6 Å². The number of aryl methyl sites for hydroxylation is 1. The Morgan fingerprint density at radius 2 is 1.93 bits per heavy atom. The Morgan fingerprint density at radius 3 is 2.59 bits per heavy atom. The highest BCUT2D eigenvalue weighted by Crippen LogP contribution is 2.40. The molecule has 0 fully saturated rings. The van der Waals surface area contributed by atoms with Gasteiger partial charge in [0.1, 0.15) is 18.0 Å². The molecule has 2 aromatic carbocycles. The van der Waals surface area contributed by atoms with E-state index in [0.29, 0.717) is 11.6 Å². The number of hydrogen-bond acceptors (Lipinski definition) is 4. The molecule has 1 N–H and O–H groups in total. The molecular weight excluding hydrogens is 409 g/mol. The molecule has 0 unspecified atom stereocenters. The smallest absolute Gasteiger partial charge is 0.417 e. The average Bonchev–Trinajstić information content (AvgIpc) is 2.63. The van der Waals surface area contributed by atoms with E-state index in [4.69, 9.17) is 16.3 Å². The van der Waals surface area contributed by atoms with Gasteiger partial charge in [0.2, 0.25) is 0 Å². The van der Waals surface area contributed by atoms with Crippen molar-refractivity contribution < 1.29 is 27.5 Å². The molecule has 0 bridgehead atoms. The van der Waals surface area contributed by atoms with Crippen LogP contribution < -0.4 is 10.1 Å². The lowest BCUT2D eigenvalue weighted by Gasteiger charge is -2.17. The van der Waals surface area contributed by atoms with E-state index in [-0.39, 0.29) is 35.1 Å². The van der Waals surface area contributed by atoms with Crippen LogP contribution in [-0.4, -0.2) is 24.4 Å². The van der Waals surface area contributed by atoms with Gasteiger partial charge in [-0.2, -0.15) is 13.2 Å². The highest BCUT2D eigenvalue weighted by molar-refractivity contribution is 6.32. The number of amides is 1. The molecule has 0 radical (unpaired) electrons. The zero-order valence-corrected chi connectivity index (χ0v) is 15.8. The van der Waals surface area contributed by atoms with Crippen molar-refractivity contribution in [3.05, 3.63) is 69.9 Å². The standard InChI is InChI=1S/C20H14ClF3N2O3/c1-11-4-2-3-5-17(11)29-18-8-15(20(22,23)24)16(21)7-14(18)19(28)26-12-6-13(27)10-25-9-12/h2-9H,10H2,1H3,(H,26,28). The minimum absolute atomic E-state index is 0.0346. The summed E-state index contributed by atoms with van der Waals surface area (Å²) in [5.74, 6) is -1.15. The quantitative estimate of drug-likeness (QED) is 0.774. The van der Waals surface area contributed by atoms with Crippen molar-refractivity contribution in [3.63, 3.8) is 0 Å². The molecule has 0 saturated carbocycles. The van der Waals surface area contributed by atoms with Crippen LogP contribution in [0.3, 0.4) is 0 Å². The zero-order valence-electron chi connectivity index (χ0n) is 15.0. The molecule has 0 saturated heterocycles. The number of rotatable bonds is 4. The second kappa shape index (κ2) is 8.08. The number of alkyl halides is 3. The predicted molar refractivity (Wildman–Crippen MR) is 102 cm³/mol. The first-order valence-corrected chi connectivity index (χ1v) is 8.73. The number of nitrogens with one attached hydrogen (secondary N) is 1. The number of nitrogens with zero attached hydrogens (tertiary/aromatic N) is 1. The molecule has 0 aromatic heterocycles. The summed E-state index contributed by atoms with van der Waals surface area (Å²) in [7, 11) is 0. The molecule has 0 atom stereocenters. The number of ether oxygens (including phenoxy) is 1. The molecule has 3 rings (SSSR count). The average molecular weight is 423 g/mol. The number of hydrogen-bond donors (Lipinski definition) is 1. The number of ketones is 1. The third-order valence-electron chi connectivity index (χ3n) is 3.98. The van der Waals surface area contributed by atoms with Crippen LogP contribution in [0.5, 0.6) is 11.5 Å². The third-order valence-corrected chi connectivity index (χ3v) is 4.30. The van der Waals surface area contributed by atoms with Crippen LogP contribution in [0.2, 0.25) is 5.02 Å². The minimum atomic E-state index is -4.74. The molecule has 2 aromatic rings. The van der Waals surface area contributed by atoms with Crippen molar-refractivity contribution in [1.82, 2.24) is 5.32 Å². The number of benzene rings is 2. The van der Waals surface area contributed by atoms with Crippen LogP contribution in [0.15, 0.2) is 53.2 Å². The summed E-state index contributed by atoms with van der Waals surface area (Å²) in [6.07, 6.45) is -2.27. The summed E-state index contributed by atoms with van der Waals surface area (Å²) in [6, 6.07) is 8.23. The van der Waals surface area contributed by atoms with E-state index < -0.39 is 22.7 Å². The van der Waals surface area contributed by atoms with Crippen LogP contribution in [0, 0.1) is 6.92 Å². The Hall–Kier alpha value is -3.13. The number of para-hydroxylation sites is 1. The second-order valence-corrected chi connectivity index (χ2v) is 6.59. The normalized spacial score (nSPS) is 13.8. The minimum Gasteiger partial charge on any atom is -0.456 e. The lowest BCUT2D eigenvalue weighted by atomic mass is 10.1. The monoisotopic (exact) mass is 422 g/mol. The molecule has 1 amide bonds. The molecule has 1 aliphatic rings. The van der Waals surface area contributed by atoms with Crippen molar-refractivity contribution in [1.29, 1.82) is 0 Å². The van der Waals surface area contributed by atoms with E-state index in [9.17, 15) is 22.8 Å². The van der Waals surface area contributed by atoms with Gasteiger partial charge < -0.3 is 10.1 Å². The highest BCUT2D eigenvalue weighted by Gasteiger charge is 2.35. The molecule has 9 heteroatoms. The Balaban J connectivity index is 2.03. The van der Waals surface area contributed by atoms with Crippen LogP contribution in [0.1, 0.15) is 21.5 Å². The maximum Gasteiger partial charge on any atom is 0.417 e. The summed E-state index contributed by atoms with van der Waals surface area (Å²) in [4.78, 5) is 27.9. The summed E-state index contributed by atoms with van der Waals surface area (Å²) in [5.41, 5.74) is -0.578. The van der Waals surface area contributed by atoms with E-state index >= 15 is 0 Å². The van der Waals surface area contributed by atoms with Gasteiger partial charge in [-0.15, -0.1) is 0 Å². The number of carbonyl (C=O) groups is 2. The maximum atomic E-state index is 13.3. The van der Waals surface area contributed by atoms with Gasteiger partial charge in [-0.05, 0) is 30.7 Å². The first-order chi connectivity index (χ1) is 13.6. The zero-order chi connectivity index (χ0) is 21.2. The topological polar surface area (TPSA) is 67.8 Å². The Bertz CT molecular complexity index is 1050. The second-order valence-electron chi connectivity index (χ2n) is 6.18. The van der Waals surface area contributed by atoms with Crippen LogP contribution in [-0.2, 0) is 11.0 Å². The number of halogens is 4. The summed E-state index contributed by atoms with van der Waals surface area (Å²) in [5, 5.41) is 1.77. The Kier molecular flexibility index (Phi) is 5.74. The lowest BCUT2D eigenvalue weighted by molar-refractivity contribution is -0.137. The molecule has 0 spiro atoms. The lowest BCUT2D eigenvalue weighted by Crippen LogP contribution is -2.27. The molecule has 0 aliphatic carbocycles. The fraction of sp³-hybridized carbons (Fsp3) is 0.150. The largest absolute Gasteiger partial charge is 0.456 e. The fourth-order valence-electron chi connectivity index (χ4n) is 2.58. The van der Waals surface area contributed by atoms with Gasteiger partial charge in [0.15, 0.2) is 5.78 Å². The van der Waals surface area contributed by atoms with E-state index in [2.05, 4.69) is 10.3 Å². The number of carbonyl (C=O) groups excluding carboxylic acids is 2. The van der Waals surface area contributed by atoms with Gasteiger partial charge in [0.05, 0.1) is 21.8 Å². The van der Waals surface area contributed by atoms with Gasteiger partial charge in [-0.3, -0.25) is 14.6 Å². The molecule has 1 heterocycles. The molecule has 29 heavy (non-hydrogen) atoms. The van der Waals surface area contributed by atoms with Gasteiger partial charge in [-0.1, -0.05) is 29.8 Å². The first-order valence-electron chi connectivity index (χ1n) is 8.35. The molecule has 1 aliphatic heterocycles. The van der Waals surface area contributed by atoms with Gasteiger partial charge in [-0.25, -0.2) is 0 Å². The number of dihydropyridines is 1. The molecule has 150 valence electrons. The van der Waals surface area contributed by atoms with Crippen molar-refractivity contribution in [2.75, 3.05) is 6.54 Å². The van der Waals surface area contributed by atoms with Crippen molar-refractivity contribution in [2.24, 2.45) is 4.99 Å². The van der Waals surface area contributed by atoms with Crippen LogP contribution in [0.4, 0.5) is 13.2 Å². The van der Waals surface area contributed by atoms with Gasteiger partial charge in [0, 0.05) is 12.3 Å². The first kappa shape index (κ1) is 20.6. The van der Waals surface area contributed by atoms with E-state index in [1.54, 1.807) is 31.2 Å². The van der Waals surface area contributed by atoms with Crippen molar-refractivity contribution in [2.45, 2.75) is 13.1 Å². The van der Waals surface area contributed by atoms with E-state index in [1.165, 1.54) is 12.3 Å². The Labute approximate surface area is 168 Å².